The number of carbonyl (C=O) groups is 2. The summed E-state index contributed by atoms with van der Waals surface area (Å²) in [4.78, 5) is 22.1. The van der Waals surface area contributed by atoms with Crippen molar-refractivity contribution in [2.45, 2.75) is 13.0 Å². The summed E-state index contributed by atoms with van der Waals surface area (Å²) in [5.41, 5.74) is 10.2. The fraction of sp³-hybridized carbons (Fsp3) is 0.200. The summed E-state index contributed by atoms with van der Waals surface area (Å²) in [5.74, 6) is -2.55. The Morgan fingerprint density at radius 1 is 1.44 bits per heavy atom. The molecule has 1 aromatic rings. The lowest BCUT2D eigenvalue weighted by molar-refractivity contribution is -0.125. The van der Waals surface area contributed by atoms with E-state index in [-0.39, 0.29) is 11.3 Å². The molecule has 5 nitrogen and oxygen atoms in total. The minimum Gasteiger partial charge on any atom is -0.449 e. The van der Waals surface area contributed by atoms with Crippen molar-refractivity contribution in [1.82, 2.24) is 0 Å². The second-order valence-corrected chi connectivity index (χ2v) is 3.19. The zero-order valence-electron chi connectivity index (χ0n) is 8.57. The van der Waals surface area contributed by atoms with Crippen molar-refractivity contribution in [2.24, 2.45) is 5.73 Å². The molecule has 0 aromatic heterocycles. The number of esters is 1. The van der Waals surface area contributed by atoms with E-state index in [9.17, 15) is 14.0 Å². The fourth-order valence-corrected chi connectivity index (χ4v) is 0.981. The first-order valence-corrected chi connectivity index (χ1v) is 4.47. The Morgan fingerprint density at radius 2 is 2.06 bits per heavy atom. The first kappa shape index (κ1) is 12.0. The molecule has 0 aliphatic heterocycles. The van der Waals surface area contributed by atoms with Crippen LogP contribution in [0.2, 0.25) is 0 Å². The van der Waals surface area contributed by atoms with Crippen molar-refractivity contribution in [3.05, 3.63) is 29.6 Å². The number of rotatable bonds is 3. The van der Waals surface area contributed by atoms with E-state index < -0.39 is 23.8 Å². The van der Waals surface area contributed by atoms with Crippen LogP contribution in [0.1, 0.15) is 17.3 Å². The smallest absolute Gasteiger partial charge is 0.341 e. The third-order valence-corrected chi connectivity index (χ3v) is 1.89. The molecule has 0 saturated carbocycles. The number of ether oxygens (including phenoxy) is 1. The van der Waals surface area contributed by atoms with Crippen LogP contribution in [0.3, 0.4) is 0 Å². The second kappa shape index (κ2) is 4.61. The molecule has 0 fully saturated rings. The summed E-state index contributed by atoms with van der Waals surface area (Å²) in [7, 11) is 0. The Kier molecular flexibility index (Phi) is 3.44. The highest BCUT2D eigenvalue weighted by Gasteiger charge is 2.19. The van der Waals surface area contributed by atoms with Crippen molar-refractivity contribution in [1.29, 1.82) is 0 Å². The van der Waals surface area contributed by atoms with Crippen molar-refractivity contribution < 1.29 is 18.7 Å². The van der Waals surface area contributed by atoms with Gasteiger partial charge in [-0.3, -0.25) is 4.79 Å². The van der Waals surface area contributed by atoms with Gasteiger partial charge >= 0.3 is 5.97 Å². The molecule has 0 radical (unpaired) electrons. The lowest BCUT2D eigenvalue weighted by atomic mass is 10.2. The van der Waals surface area contributed by atoms with Gasteiger partial charge in [-0.05, 0) is 25.1 Å². The monoisotopic (exact) mass is 226 g/mol. The highest BCUT2D eigenvalue weighted by Crippen LogP contribution is 2.13. The van der Waals surface area contributed by atoms with Gasteiger partial charge in [0.15, 0.2) is 6.10 Å². The zero-order valence-corrected chi connectivity index (χ0v) is 8.57. The molecule has 0 bridgehead atoms. The average Bonchev–Trinajstić information content (AvgIpc) is 2.21. The molecule has 6 heteroatoms. The normalized spacial score (nSPS) is 11.9. The van der Waals surface area contributed by atoms with E-state index in [1.165, 1.54) is 13.0 Å². The minimum atomic E-state index is -1.12. The quantitative estimate of drug-likeness (QED) is 0.577. The van der Waals surface area contributed by atoms with Crippen LogP contribution >= 0.6 is 0 Å². The summed E-state index contributed by atoms with van der Waals surface area (Å²) in [6, 6.07) is 3.48. The molecular weight excluding hydrogens is 215 g/mol. The highest BCUT2D eigenvalue weighted by atomic mass is 19.1. The molecule has 0 saturated heterocycles. The van der Waals surface area contributed by atoms with Gasteiger partial charge in [0.25, 0.3) is 5.91 Å². The number of nitrogens with two attached hydrogens (primary N) is 2. The predicted molar refractivity (Wildman–Crippen MR) is 54.9 cm³/mol. The summed E-state index contributed by atoms with van der Waals surface area (Å²) >= 11 is 0. The first-order chi connectivity index (χ1) is 7.41. The Balaban J connectivity index is 2.88. The third kappa shape index (κ3) is 2.69. The van der Waals surface area contributed by atoms with Crippen molar-refractivity contribution in [3.63, 3.8) is 0 Å². The standard InChI is InChI=1S/C10H11FN2O3/c1-5(9(13)14)16-10(15)7-4-6(12)2-3-8(7)11/h2-5H,12H2,1H3,(H2,13,14). The molecule has 86 valence electrons. The second-order valence-electron chi connectivity index (χ2n) is 3.19. The van der Waals surface area contributed by atoms with Gasteiger partial charge in [-0.15, -0.1) is 0 Å². The topological polar surface area (TPSA) is 95.4 Å². The SMILES string of the molecule is CC(OC(=O)c1cc(N)ccc1F)C(N)=O. The molecule has 1 amide bonds. The molecule has 0 aliphatic carbocycles. The lowest BCUT2D eigenvalue weighted by Crippen LogP contribution is -2.30. The highest BCUT2D eigenvalue weighted by molar-refractivity contribution is 5.92. The number of hydrogen-bond acceptors (Lipinski definition) is 4. The van der Waals surface area contributed by atoms with Gasteiger partial charge < -0.3 is 16.2 Å². The molecule has 1 atom stereocenters. The van der Waals surface area contributed by atoms with E-state index in [2.05, 4.69) is 4.74 Å². The molecule has 4 N–H and O–H groups in total. The van der Waals surface area contributed by atoms with E-state index in [1.54, 1.807) is 0 Å². The van der Waals surface area contributed by atoms with Crippen LogP contribution in [-0.4, -0.2) is 18.0 Å². The van der Waals surface area contributed by atoms with Crippen LogP contribution in [-0.2, 0) is 9.53 Å². The van der Waals surface area contributed by atoms with Crippen LogP contribution in [0.4, 0.5) is 10.1 Å². The maximum absolute atomic E-state index is 13.2. The van der Waals surface area contributed by atoms with Gasteiger partial charge in [0, 0.05) is 5.69 Å². The van der Waals surface area contributed by atoms with Crippen LogP contribution in [0.5, 0.6) is 0 Å². The van der Waals surface area contributed by atoms with Gasteiger partial charge in [0.1, 0.15) is 5.82 Å². The molecule has 16 heavy (non-hydrogen) atoms. The number of nitrogen functional groups attached to an aromatic ring is 1. The molecule has 0 spiro atoms. The van der Waals surface area contributed by atoms with E-state index in [0.29, 0.717) is 0 Å². The number of anilines is 1. The molecular formula is C10H11FN2O3. The first-order valence-electron chi connectivity index (χ1n) is 4.47. The van der Waals surface area contributed by atoms with Gasteiger partial charge in [0.2, 0.25) is 0 Å². The largest absolute Gasteiger partial charge is 0.449 e. The van der Waals surface area contributed by atoms with E-state index in [4.69, 9.17) is 11.5 Å². The maximum atomic E-state index is 13.2. The average molecular weight is 226 g/mol. The Labute approximate surface area is 91.2 Å². The number of amides is 1. The summed E-state index contributed by atoms with van der Waals surface area (Å²) < 4.78 is 17.8. The molecule has 1 aromatic carbocycles. The van der Waals surface area contributed by atoms with E-state index in [0.717, 1.165) is 12.1 Å². The minimum absolute atomic E-state index is 0.222. The summed E-state index contributed by atoms with van der Waals surface area (Å²) in [5, 5.41) is 0. The predicted octanol–water partition coefficient (Wildman–Crippen LogP) is 0.439. The van der Waals surface area contributed by atoms with Crippen LogP contribution in [0.15, 0.2) is 18.2 Å². The van der Waals surface area contributed by atoms with Crippen molar-refractivity contribution >= 4 is 17.6 Å². The number of benzene rings is 1. The van der Waals surface area contributed by atoms with Crippen molar-refractivity contribution in [2.75, 3.05) is 5.73 Å². The number of halogens is 1. The van der Waals surface area contributed by atoms with Crippen LogP contribution < -0.4 is 11.5 Å². The number of carbonyl (C=O) groups excluding carboxylic acids is 2. The Morgan fingerprint density at radius 3 is 2.62 bits per heavy atom. The van der Waals surface area contributed by atoms with Crippen LogP contribution in [0.25, 0.3) is 0 Å². The molecule has 1 unspecified atom stereocenters. The Bertz CT molecular complexity index is 434. The molecule has 0 aliphatic rings. The van der Waals surface area contributed by atoms with Gasteiger partial charge in [0.05, 0.1) is 5.56 Å². The van der Waals surface area contributed by atoms with Gasteiger partial charge in [-0.25, -0.2) is 9.18 Å². The Hall–Kier alpha value is -2.11. The lowest BCUT2D eigenvalue weighted by Gasteiger charge is -2.10. The van der Waals surface area contributed by atoms with E-state index >= 15 is 0 Å². The summed E-state index contributed by atoms with van der Waals surface area (Å²) in [6.45, 7) is 1.30. The maximum Gasteiger partial charge on any atom is 0.341 e. The number of hydrogen-bond donors (Lipinski definition) is 2. The van der Waals surface area contributed by atoms with Gasteiger partial charge in [-0.1, -0.05) is 0 Å². The van der Waals surface area contributed by atoms with Crippen LogP contribution in [0, 0.1) is 5.82 Å². The number of primary amides is 1. The third-order valence-electron chi connectivity index (χ3n) is 1.89. The van der Waals surface area contributed by atoms with Gasteiger partial charge in [-0.2, -0.15) is 0 Å². The zero-order chi connectivity index (χ0) is 12.3. The summed E-state index contributed by atoms with van der Waals surface area (Å²) in [6.07, 6.45) is -1.12. The van der Waals surface area contributed by atoms with E-state index in [1.807, 2.05) is 0 Å². The van der Waals surface area contributed by atoms with Crippen molar-refractivity contribution in [3.8, 4) is 0 Å². The fourth-order valence-electron chi connectivity index (χ4n) is 0.981. The molecule has 1 rings (SSSR count). The molecule has 0 heterocycles.